The fraction of sp³-hybridized carbons (Fsp3) is 0.364. The molecule has 1 aromatic rings. The van der Waals surface area contributed by atoms with E-state index < -0.39 is 0 Å². The van der Waals surface area contributed by atoms with Crippen LogP contribution in [0, 0.1) is 11.3 Å². The van der Waals surface area contributed by atoms with E-state index in [-0.39, 0.29) is 6.04 Å². The lowest BCUT2D eigenvalue weighted by molar-refractivity contribution is 0.582. The Morgan fingerprint density at radius 3 is 2.57 bits per heavy atom. The van der Waals surface area contributed by atoms with E-state index in [2.05, 4.69) is 18.3 Å². The standard InChI is InChI=1S/C11H15N3/c1-9(14-7-6-12)11-4-2-10(8-13)3-5-11/h2-5,9,14H,6-7,12H2,1H3. The molecule has 74 valence electrons. The maximum atomic E-state index is 8.63. The number of rotatable bonds is 4. The second kappa shape index (κ2) is 5.38. The van der Waals surface area contributed by atoms with Gasteiger partial charge in [0.05, 0.1) is 11.6 Å². The van der Waals surface area contributed by atoms with Gasteiger partial charge in [-0.15, -0.1) is 0 Å². The molecule has 3 heteroatoms. The molecule has 0 amide bonds. The number of nitriles is 1. The Hall–Kier alpha value is -1.37. The maximum Gasteiger partial charge on any atom is 0.0991 e. The molecule has 0 aliphatic rings. The molecule has 0 heterocycles. The van der Waals surface area contributed by atoms with Gasteiger partial charge in [0.15, 0.2) is 0 Å². The zero-order valence-corrected chi connectivity index (χ0v) is 8.33. The Morgan fingerprint density at radius 1 is 1.43 bits per heavy atom. The van der Waals surface area contributed by atoms with Crippen LogP contribution < -0.4 is 11.1 Å². The van der Waals surface area contributed by atoms with Crippen molar-refractivity contribution in [2.24, 2.45) is 5.73 Å². The molecule has 0 radical (unpaired) electrons. The summed E-state index contributed by atoms with van der Waals surface area (Å²) in [5.74, 6) is 0. The van der Waals surface area contributed by atoms with E-state index >= 15 is 0 Å². The van der Waals surface area contributed by atoms with Crippen molar-refractivity contribution >= 4 is 0 Å². The van der Waals surface area contributed by atoms with Gasteiger partial charge in [0.25, 0.3) is 0 Å². The van der Waals surface area contributed by atoms with Crippen LogP contribution in [0.1, 0.15) is 24.1 Å². The molecule has 0 aromatic heterocycles. The van der Waals surface area contributed by atoms with Gasteiger partial charge in [-0.2, -0.15) is 5.26 Å². The van der Waals surface area contributed by atoms with Crippen molar-refractivity contribution in [1.29, 1.82) is 5.26 Å². The Labute approximate surface area is 84.5 Å². The first-order valence-electron chi connectivity index (χ1n) is 4.71. The number of nitrogens with one attached hydrogen (secondary N) is 1. The third-order valence-electron chi connectivity index (χ3n) is 2.13. The van der Waals surface area contributed by atoms with Crippen LogP contribution in [0.4, 0.5) is 0 Å². The minimum absolute atomic E-state index is 0.284. The largest absolute Gasteiger partial charge is 0.329 e. The molecule has 0 aliphatic heterocycles. The predicted molar refractivity (Wildman–Crippen MR) is 56.6 cm³/mol. The van der Waals surface area contributed by atoms with Gasteiger partial charge < -0.3 is 11.1 Å². The monoisotopic (exact) mass is 189 g/mol. The fourth-order valence-electron chi connectivity index (χ4n) is 1.26. The molecule has 14 heavy (non-hydrogen) atoms. The van der Waals surface area contributed by atoms with E-state index in [1.165, 1.54) is 5.56 Å². The maximum absolute atomic E-state index is 8.63. The number of hydrogen-bond acceptors (Lipinski definition) is 3. The second-order valence-corrected chi connectivity index (χ2v) is 3.20. The number of hydrogen-bond donors (Lipinski definition) is 2. The summed E-state index contributed by atoms with van der Waals surface area (Å²) in [4.78, 5) is 0. The SMILES string of the molecule is CC(NCCN)c1ccc(C#N)cc1. The lowest BCUT2D eigenvalue weighted by atomic mass is 10.1. The van der Waals surface area contributed by atoms with E-state index in [1.54, 1.807) is 0 Å². The van der Waals surface area contributed by atoms with E-state index in [0.29, 0.717) is 12.1 Å². The first kappa shape index (κ1) is 10.7. The molecule has 0 bridgehead atoms. The van der Waals surface area contributed by atoms with Crippen LogP contribution in [-0.2, 0) is 0 Å². The molecule has 1 rings (SSSR count). The summed E-state index contributed by atoms with van der Waals surface area (Å²) in [5.41, 5.74) is 7.27. The van der Waals surface area contributed by atoms with Crippen molar-refractivity contribution in [3.63, 3.8) is 0 Å². The van der Waals surface area contributed by atoms with Crippen LogP contribution in [0.3, 0.4) is 0 Å². The Balaban J connectivity index is 2.63. The van der Waals surface area contributed by atoms with Crippen molar-refractivity contribution < 1.29 is 0 Å². The molecule has 0 aliphatic carbocycles. The summed E-state index contributed by atoms with van der Waals surface area (Å²) in [6.07, 6.45) is 0. The molecule has 3 N–H and O–H groups in total. The summed E-state index contributed by atoms with van der Waals surface area (Å²) in [7, 11) is 0. The third kappa shape index (κ3) is 2.84. The van der Waals surface area contributed by atoms with Gasteiger partial charge >= 0.3 is 0 Å². The van der Waals surface area contributed by atoms with E-state index in [9.17, 15) is 0 Å². The summed E-state index contributed by atoms with van der Waals surface area (Å²) in [6, 6.07) is 9.97. The normalized spacial score (nSPS) is 12.1. The van der Waals surface area contributed by atoms with Crippen molar-refractivity contribution in [1.82, 2.24) is 5.32 Å². The molecule has 1 unspecified atom stereocenters. The van der Waals surface area contributed by atoms with Crippen molar-refractivity contribution in [2.45, 2.75) is 13.0 Å². The van der Waals surface area contributed by atoms with Crippen LogP contribution in [0.2, 0.25) is 0 Å². The van der Waals surface area contributed by atoms with Gasteiger partial charge in [0, 0.05) is 19.1 Å². The lowest BCUT2D eigenvalue weighted by Crippen LogP contribution is -2.25. The zero-order chi connectivity index (χ0) is 10.4. The van der Waals surface area contributed by atoms with Gasteiger partial charge in [0.2, 0.25) is 0 Å². The highest BCUT2D eigenvalue weighted by molar-refractivity contribution is 5.32. The molecule has 0 saturated carbocycles. The van der Waals surface area contributed by atoms with Crippen molar-refractivity contribution in [3.05, 3.63) is 35.4 Å². The molecular formula is C11H15N3. The van der Waals surface area contributed by atoms with Crippen LogP contribution >= 0.6 is 0 Å². The number of benzene rings is 1. The first-order chi connectivity index (χ1) is 6.77. The second-order valence-electron chi connectivity index (χ2n) is 3.20. The Morgan fingerprint density at radius 2 is 2.07 bits per heavy atom. The molecule has 0 saturated heterocycles. The minimum atomic E-state index is 0.284. The van der Waals surface area contributed by atoms with Crippen LogP contribution in [-0.4, -0.2) is 13.1 Å². The quantitative estimate of drug-likeness (QED) is 0.747. The average Bonchev–Trinajstić information content (AvgIpc) is 2.26. The third-order valence-corrected chi connectivity index (χ3v) is 2.13. The number of nitrogens with zero attached hydrogens (tertiary/aromatic N) is 1. The average molecular weight is 189 g/mol. The predicted octanol–water partition coefficient (Wildman–Crippen LogP) is 1.17. The first-order valence-corrected chi connectivity index (χ1v) is 4.71. The van der Waals surface area contributed by atoms with Crippen molar-refractivity contribution in [3.8, 4) is 6.07 Å². The molecular weight excluding hydrogens is 174 g/mol. The van der Waals surface area contributed by atoms with Gasteiger partial charge in [-0.05, 0) is 24.6 Å². The number of nitrogens with two attached hydrogens (primary N) is 1. The lowest BCUT2D eigenvalue weighted by Gasteiger charge is -2.13. The highest BCUT2D eigenvalue weighted by Gasteiger charge is 2.02. The highest BCUT2D eigenvalue weighted by Crippen LogP contribution is 2.12. The summed E-state index contributed by atoms with van der Waals surface area (Å²) < 4.78 is 0. The minimum Gasteiger partial charge on any atom is -0.329 e. The summed E-state index contributed by atoms with van der Waals surface area (Å²) >= 11 is 0. The van der Waals surface area contributed by atoms with E-state index in [1.807, 2.05) is 24.3 Å². The van der Waals surface area contributed by atoms with Gasteiger partial charge in [-0.25, -0.2) is 0 Å². The molecule has 1 aromatic carbocycles. The van der Waals surface area contributed by atoms with Crippen molar-refractivity contribution in [2.75, 3.05) is 13.1 Å². The fourth-order valence-corrected chi connectivity index (χ4v) is 1.26. The van der Waals surface area contributed by atoms with Crippen LogP contribution in [0.15, 0.2) is 24.3 Å². The van der Waals surface area contributed by atoms with E-state index in [4.69, 9.17) is 11.0 Å². The molecule has 0 fully saturated rings. The highest BCUT2D eigenvalue weighted by atomic mass is 14.9. The zero-order valence-electron chi connectivity index (χ0n) is 8.33. The van der Waals surface area contributed by atoms with E-state index in [0.717, 1.165) is 6.54 Å². The molecule has 1 atom stereocenters. The van der Waals surface area contributed by atoms with Gasteiger partial charge in [-0.1, -0.05) is 12.1 Å². The smallest absolute Gasteiger partial charge is 0.0991 e. The van der Waals surface area contributed by atoms with Gasteiger partial charge in [-0.3, -0.25) is 0 Å². The topological polar surface area (TPSA) is 61.8 Å². The summed E-state index contributed by atoms with van der Waals surface area (Å²) in [5, 5.41) is 11.9. The Bertz CT molecular complexity index is 310. The molecule has 3 nitrogen and oxygen atoms in total. The molecule has 0 spiro atoms. The Kier molecular flexibility index (Phi) is 4.11. The van der Waals surface area contributed by atoms with Crippen LogP contribution in [0.25, 0.3) is 0 Å². The summed E-state index contributed by atoms with van der Waals surface area (Å²) in [6.45, 7) is 3.53. The van der Waals surface area contributed by atoms with Crippen LogP contribution in [0.5, 0.6) is 0 Å². The van der Waals surface area contributed by atoms with Gasteiger partial charge in [0.1, 0.15) is 0 Å².